The van der Waals surface area contributed by atoms with Crippen LogP contribution >= 0.6 is 42.4 Å². The van der Waals surface area contributed by atoms with Gasteiger partial charge in [-0.2, -0.15) is 0 Å². The molecular formula is C30H39Cl2FN3O8PS. The lowest BCUT2D eigenvalue weighted by Gasteiger charge is -2.34. The van der Waals surface area contributed by atoms with Gasteiger partial charge in [-0.1, -0.05) is 34.5 Å². The maximum Gasteiger partial charge on any atom is 0.476 e. The van der Waals surface area contributed by atoms with Crippen molar-refractivity contribution in [1.29, 1.82) is 0 Å². The fourth-order valence-corrected chi connectivity index (χ4v) is 7.29. The summed E-state index contributed by atoms with van der Waals surface area (Å²) >= 11 is 14.1. The van der Waals surface area contributed by atoms with Gasteiger partial charge in [0.05, 0.1) is 39.5 Å². The maximum absolute atomic E-state index is 15.3. The number of hydrogen-bond acceptors (Lipinski definition) is 10. The first kappa shape index (κ1) is 37.9. The highest BCUT2D eigenvalue weighted by Gasteiger charge is 2.40. The van der Waals surface area contributed by atoms with Crippen molar-refractivity contribution >= 4 is 48.5 Å². The molecule has 0 bridgehead atoms. The third-order valence-electron chi connectivity index (χ3n) is 5.58. The minimum Gasteiger partial charge on any atom is -0.489 e. The van der Waals surface area contributed by atoms with E-state index in [-0.39, 0.29) is 22.4 Å². The molecule has 11 nitrogen and oxygen atoms in total. The molecular weight excluding hydrogens is 683 g/mol. The Hall–Kier alpha value is -2.51. The van der Waals surface area contributed by atoms with Crippen molar-refractivity contribution in [2.24, 2.45) is 0 Å². The van der Waals surface area contributed by atoms with Crippen LogP contribution in [0.1, 0.15) is 62.3 Å². The molecule has 3 rings (SSSR count). The van der Waals surface area contributed by atoms with Gasteiger partial charge in [0.1, 0.15) is 22.4 Å². The van der Waals surface area contributed by atoms with Gasteiger partial charge < -0.3 is 19.9 Å². The van der Waals surface area contributed by atoms with Gasteiger partial charge in [-0.05, 0) is 86.6 Å². The molecule has 0 saturated heterocycles. The molecule has 2 aromatic carbocycles. The second kappa shape index (κ2) is 15.1. The van der Waals surface area contributed by atoms with Crippen LogP contribution < -0.4 is 14.8 Å². The van der Waals surface area contributed by atoms with E-state index in [0.29, 0.717) is 26.4 Å². The normalized spacial score (nSPS) is 13.8. The number of phosphoric ester groups is 1. The highest BCUT2D eigenvalue weighted by Crippen LogP contribution is 2.56. The lowest BCUT2D eigenvalue weighted by Crippen LogP contribution is -2.46. The SMILES string of the molecule is CC(C)Oc1ccc(-c2nnc(-c3cc(F)c(OC[C@H](NC(=O)O)[C@@H](C)OP(=O)(OC(C)(C)C)OC(C)(C)C)cc3Cl)s2)cc1Cl. The van der Waals surface area contributed by atoms with Crippen molar-refractivity contribution in [2.75, 3.05) is 6.61 Å². The van der Waals surface area contributed by atoms with Crippen LogP contribution in [-0.2, 0) is 18.1 Å². The van der Waals surface area contributed by atoms with Gasteiger partial charge >= 0.3 is 13.9 Å². The molecule has 2 atom stereocenters. The summed E-state index contributed by atoms with van der Waals surface area (Å²) in [6.07, 6.45) is -2.54. The summed E-state index contributed by atoms with van der Waals surface area (Å²) in [5.74, 6) is -0.497. The quantitative estimate of drug-likeness (QED) is 0.164. The van der Waals surface area contributed by atoms with E-state index < -0.39 is 49.7 Å². The number of nitrogens with zero attached hydrogens (tertiary/aromatic N) is 2. The zero-order valence-electron chi connectivity index (χ0n) is 27.0. The topological polar surface area (TPSA) is 138 Å². The number of halogens is 3. The van der Waals surface area contributed by atoms with Crippen LogP contribution in [0.5, 0.6) is 11.5 Å². The van der Waals surface area contributed by atoms with Crippen LogP contribution in [0.2, 0.25) is 10.0 Å². The van der Waals surface area contributed by atoms with Gasteiger partial charge in [-0.3, -0.25) is 13.6 Å². The van der Waals surface area contributed by atoms with Gasteiger partial charge in [0.2, 0.25) is 0 Å². The van der Waals surface area contributed by atoms with E-state index in [4.69, 9.17) is 46.2 Å². The zero-order valence-corrected chi connectivity index (χ0v) is 30.2. The highest BCUT2D eigenvalue weighted by atomic mass is 35.5. The van der Waals surface area contributed by atoms with Crippen LogP contribution in [0.15, 0.2) is 30.3 Å². The number of rotatable bonds is 13. The Morgan fingerprint density at radius 2 is 1.59 bits per heavy atom. The third-order valence-corrected chi connectivity index (χ3v) is 9.33. The number of ether oxygens (including phenoxy) is 2. The Morgan fingerprint density at radius 3 is 2.13 bits per heavy atom. The smallest absolute Gasteiger partial charge is 0.476 e. The van der Waals surface area contributed by atoms with Crippen LogP contribution in [0.25, 0.3) is 21.1 Å². The molecule has 2 N–H and O–H groups in total. The average Bonchev–Trinajstić information content (AvgIpc) is 3.36. The van der Waals surface area contributed by atoms with Crippen molar-refractivity contribution < 1.29 is 41.9 Å². The van der Waals surface area contributed by atoms with Crippen molar-refractivity contribution in [3.05, 3.63) is 46.2 Å². The molecule has 1 heterocycles. The minimum absolute atomic E-state index is 0.0452. The Morgan fingerprint density at radius 1 is 0.978 bits per heavy atom. The van der Waals surface area contributed by atoms with Crippen LogP contribution in [-0.4, -0.2) is 57.5 Å². The van der Waals surface area contributed by atoms with E-state index in [1.807, 2.05) is 13.8 Å². The third kappa shape index (κ3) is 11.3. The van der Waals surface area contributed by atoms with Crippen molar-refractivity contribution in [3.8, 4) is 32.6 Å². The van der Waals surface area contributed by atoms with Crippen LogP contribution in [0, 0.1) is 5.82 Å². The van der Waals surface area contributed by atoms with Crippen molar-refractivity contribution in [1.82, 2.24) is 15.5 Å². The fourth-order valence-electron chi connectivity index (χ4n) is 3.88. The molecule has 0 unspecified atom stereocenters. The first-order valence-corrected chi connectivity index (χ1v) is 17.3. The van der Waals surface area contributed by atoms with Crippen molar-refractivity contribution in [3.63, 3.8) is 0 Å². The number of amides is 1. The molecule has 0 fully saturated rings. The largest absolute Gasteiger partial charge is 0.489 e. The molecule has 0 saturated carbocycles. The second-order valence-corrected chi connectivity index (χ2v) is 15.8. The van der Waals surface area contributed by atoms with E-state index in [2.05, 4.69) is 15.5 Å². The summed E-state index contributed by atoms with van der Waals surface area (Å²) in [7, 11) is -4.21. The standard InChI is InChI=1S/C30H39Cl2FN3O8PS/c1-16(2)41-24-11-10-18(12-21(24)32)26-35-36-27(46-26)19-13-22(33)25(14-20(19)31)40-15-23(34-28(37)38)17(3)42-45(39,43-29(4,5)6)44-30(7,8)9/h10-14,16-17,23,34H,15H2,1-9H3,(H,37,38)/t17-,23+/m1/s1. The van der Waals surface area contributed by atoms with E-state index in [9.17, 15) is 14.5 Å². The Labute approximate surface area is 282 Å². The van der Waals surface area contributed by atoms with Crippen molar-refractivity contribution in [2.45, 2.75) is 91.8 Å². The average molecular weight is 723 g/mol. The fraction of sp³-hybridized carbons (Fsp3) is 0.500. The number of phosphoric acid groups is 1. The zero-order chi connectivity index (χ0) is 34.6. The van der Waals surface area contributed by atoms with Gasteiger partial charge in [-0.25, -0.2) is 13.8 Å². The van der Waals surface area contributed by atoms with E-state index in [1.165, 1.54) is 24.3 Å². The molecule has 0 radical (unpaired) electrons. The Kier molecular flexibility index (Phi) is 12.5. The summed E-state index contributed by atoms with van der Waals surface area (Å²) in [5.41, 5.74) is -0.859. The second-order valence-electron chi connectivity index (χ2n) is 12.5. The van der Waals surface area contributed by atoms with Crippen LogP contribution in [0.4, 0.5) is 9.18 Å². The summed E-state index contributed by atoms with van der Waals surface area (Å²) in [4.78, 5) is 11.6. The lowest BCUT2D eigenvalue weighted by molar-refractivity contribution is -0.0162. The molecule has 0 spiro atoms. The molecule has 1 amide bonds. The number of aromatic nitrogens is 2. The monoisotopic (exact) mass is 721 g/mol. The van der Waals surface area contributed by atoms with E-state index in [1.54, 1.807) is 59.7 Å². The first-order valence-electron chi connectivity index (χ1n) is 14.3. The number of hydrogen-bond donors (Lipinski definition) is 2. The molecule has 0 aliphatic heterocycles. The number of nitrogens with one attached hydrogen (secondary N) is 1. The Bertz CT molecular complexity index is 1560. The van der Waals surface area contributed by atoms with Gasteiger partial charge in [0.15, 0.2) is 11.6 Å². The predicted molar refractivity (Wildman–Crippen MR) is 177 cm³/mol. The molecule has 3 aromatic rings. The van der Waals surface area contributed by atoms with Crippen LogP contribution in [0.3, 0.4) is 0 Å². The molecule has 0 aliphatic carbocycles. The summed E-state index contributed by atoms with van der Waals surface area (Å²) in [6.45, 7) is 14.9. The maximum atomic E-state index is 15.3. The van der Waals surface area contributed by atoms with E-state index >= 15 is 4.39 Å². The van der Waals surface area contributed by atoms with Gasteiger partial charge in [0, 0.05) is 17.2 Å². The molecule has 46 heavy (non-hydrogen) atoms. The summed E-state index contributed by atoms with van der Waals surface area (Å²) in [5, 5.41) is 21.5. The number of carboxylic acid groups (broad SMARTS) is 1. The number of benzene rings is 2. The molecule has 1 aromatic heterocycles. The number of carbonyl (C=O) groups is 1. The summed E-state index contributed by atoms with van der Waals surface area (Å²) < 4.78 is 57.1. The van der Waals surface area contributed by atoms with E-state index in [0.717, 1.165) is 6.07 Å². The molecule has 16 heteroatoms. The predicted octanol–water partition coefficient (Wildman–Crippen LogP) is 9.26. The minimum atomic E-state index is -4.21. The Balaban J connectivity index is 1.79. The van der Waals surface area contributed by atoms with Gasteiger partial charge in [0.25, 0.3) is 0 Å². The first-order chi connectivity index (χ1) is 21.1. The highest BCUT2D eigenvalue weighted by molar-refractivity contribution is 7.48. The lowest BCUT2D eigenvalue weighted by atomic mass is 10.2. The molecule has 254 valence electrons. The summed E-state index contributed by atoms with van der Waals surface area (Å²) in [6, 6.07) is 6.52. The molecule has 0 aliphatic rings. The van der Waals surface area contributed by atoms with Gasteiger partial charge in [-0.15, -0.1) is 10.2 Å².